The molecule has 1 spiro atoms. The van der Waals surface area contributed by atoms with Gasteiger partial charge in [-0.15, -0.1) is 0 Å². The Balaban J connectivity index is 1.18. The van der Waals surface area contributed by atoms with Crippen LogP contribution in [0.15, 0.2) is 194 Å². The molecule has 11 rings (SSSR count). The van der Waals surface area contributed by atoms with Gasteiger partial charge in [0.15, 0.2) is 17.5 Å². The van der Waals surface area contributed by atoms with E-state index in [1.54, 1.807) is 0 Å². The van der Waals surface area contributed by atoms with Crippen molar-refractivity contribution in [1.29, 1.82) is 0 Å². The van der Waals surface area contributed by atoms with E-state index in [1.807, 2.05) is 6.07 Å². The lowest BCUT2D eigenvalue weighted by molar-refractivity contribution is 0.775. The largest absolute Gasteiger partial charge is 0.208 e. The minimum absolute atomic E-state index is 0.586. The predicted molar refractivity (Wildman–Crippen MR) is 228 cm³/mol. The fraction of sp³-hybridized carbons (Fsp3) is 0.0377. The molecule has 0 bridgehead atoms. The zero-order valence-corrected chi connectivity index (χ0v) is 30.8. The highest BCUT2D eigenvalue weighted by Gasteiger charge is 2.49. The Morgan fingerprint density at radius 1 is 0.286 bits per heavy atom. The molecule has 3 heteroatoms. The topological polar surface area (TPSA) is 38.7 Å². The van der Waals surface area contributed by atoms with E-state index < -0.39 is 5.41 Å². The first-order chi connectivity index (χ1) is 27.7. The highest BCUT2D eigenvalue weighted by atomic mass is 15.0. The molecule has 2 aliphatic rings. The van der Waals surface area contributed by atoms with Crippen LogP contribution in [0, 0.1) is 6.92 Å². The van der Waals surface area contributed by atoms with Gasteiger partial charge in [-0.1, -0.05) is 194 Å². The lowest BCUT2D eigenvalue weighted by atomic mass is 9.65. The van der Waals surface area contributed by atoms with Gasteiger partial charge in [-0.3, -0.25) is 0 Å². The summed E-state index contributed by atoms with van der Waals surface area (Å²) >= 11 is 0. The monoisotopic (exact) mass is 713 g/mol. The molecular formula is C53H35N3. The molecule has 0 radical (unpaired) electrons. The second-order valence-electron chi connectivity index (χ2n) is 14.8. The van der Waals surface area contributed by atoms with Gasteiger partial charge in [-0.05, 0) is 79.8 Å². The molecule has 0 saturated heterocycles. The van der Waals surface area contributed by atoms with Crippen molar-refractivity contribution in [1.82, 2.24) is 15.0 Å². The highest BCUT2D eigenvalue weighted by molar-refractivity contribution is 5.97. The summed E-state index contributed by atoms with van der Waals surface area (Å²) in [6, 6.07) is 70.0. The molecule has 9 aromatic rings. The van der Waals surface area contributed by atoms with Crippen molar-refractivity contribution in [2.75, 3.05) is 0 Å². The van der Waals surface area contributed by atoms with Gasteiger partial charge in [0.05, 0.1) is 5.41 Å². The standard InChI is InChI=1S/C53H35N3/c1-34-23-25-37(26-24-34)50-54-51(38-29-27-36(28-30-38)35-13-3-2-4-14-35)56-52(55-50)39-31-32-45-41-16-6-5-15-40(41)42-17-7-10-20-46(42)53(49(45)33-39)47-21-11-8-18-43(47)44-19-9-12-22-48(44)53/h2-33H,1H3. The summed E-state index contributed by atoms with van der Waals surface area (Å²) in [4.78, 5) is 15.6. The number of hydrogen-bond acceptors (Lipinski definition) is 3. The molecule has 8 aromatic carbocycles. The third-order valence-electron chi connectivity index (χ3n) is 11.7. The number of rotatable bonds is 4. The van der Waals surface area contributed by atoms with Gasteiger partial charge in [-0.25, -0.2) is 15.0 Å². The van der Waals surface area contributed by atoms with Crippen LogP contribution in [0.3, 0.4) is 0 Å². The maximum absolute atomic E-state index is 5.26. The van der Waals surface area contributed by atoms with Crippen molar-refractivity contribution in [3.63, 3.8) is 0 Å². The van der Waals surface area contributed by atoms with Gasteiger partial charge in [-0.2, -0.15) is 0 Å². The van der Waals surface area contributed by atoms with Crippen molar-refractivity contribution in [2.24, 2.45) is 0 Å². The second-order valence-corrected chi connectivity index (χ2v) is 14.8. The van der Waals surface area contributed by atoms with Crippen LogP contribution in [0.5, 0.6) is 0 Å². The zero-order chi connectivity index (χ0) is 37.2. The van der Waals surface area contributed by atoms with Gasteiger partial charge in [0.25, 0.3) is 0 Å². The highest BCUT2D eigenvalue weighted by Crippen LogP contribution is 2.61. The lowest BCUT2D eigenvalue weighted by Gasteiger charge is -2.35. The summed E-state index contributed by atoms with van der Waals surface area (Å²) in [5.41, 5.74) is 18.3. The molecule has 1 heterocycles. The van der Waals surface area contributed by atoms with Crippen LogP contribution >= 0.6 is 0 Å². The summed E-state index contributed by atoms with van der Waals surface area (Å²) in [5.74, 6) is 1.93. The SMILES string of the molecule is Cc1ccc(-c2nc(-c3ccc(-c4ccccc4)cc3)nc(-c3ccc4c(c3)C3(c5ccccc5-c5ccccc5-4)c4ccccc4-c4ccccc43)n2)cc1. The van der Waals surface area contributed by atoms with Crippen LogP contribution in [-0.4, -0.2) is 15.0 Å². The van der Waals surface area contributed by atoms with Gasteiger partial charge < -0.3 is 0 Å². The first-order valence-corrected chi connectivity index (χ1v) is 19.2. The summed E-state index contributed by atoms with van der Waals surface area (Å²) in [5, 5.41) is 0. The first-order valence-electron chi connectivity index (χ1n) is 19.2. The molecule has 0 aliphatic heterocycles. The smallest absolute Gasteiger partial charge is 0.164 e. The summed E-state index contributed by atoms with van der Waals surface area (Å²) < 4.78 is 0. The van der Waals surface area contributed by atoms with E-state index in [2.05, 4.69) is 195 Å². The fourth-order valence-corrected chi connectivity index (χ4v) is 9.10. The van der Waals surface area contributed by atoms with Crippen molar-refractivity contribution in [3.8, 4) is 78.7 Å². The Hall–Kier alpha value is -7.23. The molecule has 0 saturated carbocycles. The predicted octanol–water partition coefficient (Wildman–Crippen LogP) is 12.9. The van der Waals surface area contributed by atoms with Crippen molar-refractivity contribution in [2.45, 2.75) is 12.3 Å². The molecule has 0 amide bonds. The Morgan fingerprint density at radius 2 is 0.643 bits per heavy atom. The minimum Gasteiger partial charge on any atom is -0.208 e. The second kappa shape index (κ2) is 12.7. The van der Waals surface area contributed by atoms with E-state index in [0.717, 1.165) is 22.3 Å². The van der Waals surface area contributed by atoms with Crippen molar-refractivity contribution in [3.05, 3.63) is 222 Å². The van der Waals surface area contributed by atoms with E-state index in [9.17, 15) is 0 Å². The van der Waals surface area contributed by atoms with Gasteiger partial charge in [0, 0.05) is 16.7 Å². The molecule has 56 heavy (non-hydrogen) atoms. The first kappa shape index (κ1) is 32.2. The van der Waals surface area contributed by atoms with Crippen molar-refractivity contribution < 1.29 is 0 Å². The Bertz CT molecular complexity index is 2920. The average Bonchev–Trinajstić information content (AvgIpc) is 3.52. The molecule has 0 atom stereocenters. The fourth-order valence-electron chi connectivity index (χ4n) is 9.10. The molecule has 0 fully saturated rings. The van der Waals surface area contributed by atoms with Crippen molar-refractivity contribution >= 4 is 0 Å². The Morgan fingerprint density at radius 3 is 1.18 bits per heavy atom. The van der Waals surface area contributed by atoms with Crippen LogP contribution in [0.25, 0.3) is 78.7 Å². The normalized spacial score (nSPS) is 12.9. The van der Waals surface area contributed by atoms with Gasteiger partial charge in [0.1, 0.15) is 0 Å². The van der Waals surface area contributed by atoms with E-state index in [0.29, 0.717) is 17.5 Å². The molecule has 0 unspecified atom stereocenters. The maximum atomic E-state index is 5.26. The summed E-state index contributed by atoms with van der Waals surface area (Å²) in [6.45, 7) is 2.10. The molecule has 2 aliphatic carbocycles. The number of fused-ring (bicyclic) bond motifs is 12. The average molecular weight is 714 g/mol. The number of nitrogens with zero attached hydrogens (tertiary/aromatic N) is 3. The zero-order valence-electron chi connectivity index (χ0n) is 30.8. The van der Waals surface area contributed by atoms with E-state index in [1.165, 1.54) is 66.8 Å². The Labute approximate surface area is 326 Å². The minimum atomic E-state index is -0.586. The molecule has 1 aromatic heterocycles. The van der Waals surface area contributed by atoms with Gasteiger partial charge in [0.2, 0.25) is 0 Å². The molecule has 3 nitrogen and oxygen atoms in total. The van der Waals surface area contributed by atoms with Crippen LogP contribution in [0.2, 0.25) is 0 Å². The van der Waals surface area contributed by atoms with Crippen LogP contribution < -0.4 is 0 Å². The summed E-state index contributed by atoms with van der Waals surface area (Å²) in [7, 11) is 0. The molecule has 262 valence electrons. The number of hydrogen-bond donors (Lipinski definition) is 0. The quantitative estimate of drug-likeness (QED) is 0.182. The van der Waals surface area contributed by atoms with Crippen LogP contribution in [0.1, 0.15) is 27.8 Å². The number of benzene rings is 8. The Kier molecular flexibility index (Phi) is 7.30. The number of aryl methyl sites for hydroxylation is 1. The maximum Gasteiger partial charge on any atom is 0.164 e. The van der Waals surface area contributed by atoms with Gasteiger partial charge >= 0.3 is 0 Å². The number of aromatic nitrogens is 3. The van der Waals surface area contributed by atoms with E-state index in [4.69, 9.17) is 15.0 Å². The van der Waals surface area contributed by atoms with E-state index in [-0.39, 0.29) is 0 Å². The lowest BCUT2D eigenvalue weighted by Crippen LogP contribution is -2.29. The summed E-state index contributed by atoms with van der Waals surface area (Å²) in [6.07, 6.45) is 0. The molecular weight excluding hydrogens is 679 g/mol. The van der Waals surface area contributed by atoms with E-state index >= 15 is 0 Å². The third-order valence-corrected chi connectivity index (χ3v) is 11.7. The third kappa shape index (κ3) is 4.87. The van der Waals surface area contributed by atoms with Crippen LogP contribution in [-0.2, 0) is 5.41 Å². The van der Waals surface area contributed by atoms with Crippen LogP contribution in [0.4, 0.5) is 0 Å². The molecule has 0 N–H and O–H groups in total.